The average Bonchev–Trinajstić information content (AvgIpc) is 2.94. The zero-order chi connectivity index (χ0) is 13.4. The quantitative estimate of drug-likeness (QED) is 0.853. The maximum Gasteiger partial charge on any atom is 0.0942 e. The van der Waals surface area contributed by atoms with Gasteiger partial charge in [-0.15, -0.1) is 0 Å². The van der Waals surface area contributed by atoms with Gasteiger partial charge in [-0.3, -0.25) is 0 Å². The molecule has 108 valence electrons. The van der Waals surface area contributed by atoms with Gasteiger partial charge in [0.2, 0.25) is 0 Å². The highest BCUT2D eigenvalue weighted by molar-refractivity contribution is 5.60. The van der Waals surface area contributed by atoms with Gasteiger partial charge in [0.25, 0.3) is 0 Å². The number of benzene rings is 1. The third kappa shape index (κ3) is 2.13. The first-order chi connectivity index (χ1) is 9.86. The van der Waals surface area contributed by atoms with Crippen LogP contribution < -0.4 is 5.32 Å². The highest BCUT2D eigenvalue weighted by atomic mass is 16.6. The smallest absolute Gasteiger partial charge is 0.0942 e. The second kappa shape index (κ2) is 5.05. The topological polar surface area (TPSA) is 30.5 Å². The zero-order valence-corrected chi connectivity index (χ0v) is 12.0. The van der Waals surface area contributed by atoms with Gasteiger partial charge in [-0.2, -0.15) is 0 Å². The van der Waals surface area contributed by atoms with Gasteiger partial charge in [0, 0.05) is 31.9 Å². The van der Waals surface area contributed by atoms with E-state index in [2.05, 4.69) is 23.5 Å². The van der Waals surface area contributed by atoms with Crippen molar-refractivity contribution in [3.63, 3.8) is 0 Å². The number of rotatable bonds is 1. The second-order valence-electron chi connectivity index (χ2n) is 6.44. The van der Waals surface area contributed by atoms with E-state index < -0.39 is 0 Å². The van der Waals surface area contributed by atoms with Crippen molar-refractivity contribution in [1.82, 2.24) is 0 Å². The number of hydrogen-bond acceptors (Lipinski definition) is 3. The summed E-state index contributed by atoms with van der Waals surface area (Å²) in [5, 5.41) is 3.64. The molecular weight excluding hydrogens is 250 g/mol. The minimum atomic E-state index is 0.000306. The molecular formula is C17H23NO2. The molecule has 2 unspecified atom stereocenters. The minimum absolute atomic E-state index is 0.000306. The zero-order valence-electron chi connectivity index (χ0n) is 12.0. The third-order valence-corrected chi connectivity index (χ3v) is 5.11. The fraction of sp³-hybridized carbons (Fsp3) is 0.647. The molecule has 1 N–H and O–H groups in total. The molecule has 1 aromatic rings. The molecule has 3 aliphatic heterocycles. The normalized spacial score (nSPS) is 32.9. The minimum Gasteiger partial charge on any atom is -0.385 e. The van der Waals surface area contributed by atoms with E-state index in [1.165, 1.54) is 29.7 Å². The molecule has 4 rings (SSSR count). The molecule has 0 aromatic heterocycles. The van der Waals surface area contributed by atoms with E-state index in [1.807, 2.05) is 0 Å². The molecule has 0 amide bonds. The highest BCUT2D eigenvalue weighted by Crippen LogP contribution is 2.43. The Morgan fingerprint density at radius 1 is 1.25 bits per heavy atom. The number of para-hydroxylation sites is 1. The predicted molar refractivity (Wildman–Crippen MR) is 79.3 cm³/mol. The van der Waals surface area contributed by atoms with Gasteiger partial charge < -0.3 is 14.8 Å². The molecule has 1 spiro atoms. The monoisotopic (exact) mass is 273 g/mol. The maximum absolute atomic E-state index is 6.08. The number of anilines is 1. The average molecular weight is 273 g/mol. The molecule has 3 aliphatic rings. The number of hydrogen-bond donors (Lipinski definition) is 1. The summed E-state index contributed by atoms with van der Waals surface area (Å²) in [7, 11) is 0. The number of aryl methyl sites for hydroxylation is 1. The van der Waals surface area contributed by atoms with Crippen LogP contribution in [-0.2, 0) is 15.9 Å². The van der Waals surface area contributed by atoms with Gasteiger partial charge >= 0.3 is 0 Å². The summed E-state index contributed by atoms with van der Waals surface area (Å²) in [5.74, 6) is 0.617. The van der Waals surface area contributed by atoms with Crippen LogP contribution in [0.1, 0.15) is 42.7 Å². The molecule has 2 fully saturated rings. The fourth-order valence-electron chi connectivity index (χ4n) is 4.03. The molecule has 0 bridgehead atoms. The number of fused-ring (bicyclic) bond motifs is 1. The molecule has 3 heterocycles. The molecule has 3 nitrogen and oxygen atoms in total. The van der Waals surface area contributed by atoms with Crippen molar-refractivity contribution < 1.29 is 9.47 Å². The molecule has 2 saturated heterocycles. The summed E-state index contributed by atoms with van der Waals surface area (Å²) in [6, 6.07) is 6.82. The molecule has 0 radical (unpaired) electrons. The van der Waals surface area contributed by atoms with Gasteiger partial charge in [0.15, 0.2) is 0 Å². The van der Waals surface area contributed by atoms with E-state index in [-0.39, 0.29) is 5.60 Å². The SMILES string of the molecule is c1cc2c(c(C3CCOC4(CCOC4)C3)c1)NCCC2. The standard InChI is InChI=1S/C17H23NO2/c1-3-13-4-2-8-18-16(13)15(5-1)14-6-9-20-17(11-14)7-10-19-12-17/h1,3,5,14,18H,2,4,6-12H2. The fourth-order valence-corrected chi connectivity index (χ4v) is 4.03. The van der Waals surface area contributed by atoms with Crippen LogP contribution in [0.5, 0.6) is 0 Å². The Kier molecular flexibility index (Phi) is 3.20. The van der Waals surface area contributed by atoms with Crippen molar-refractivity contribution in [3.05, 3.63) is 29.3 Å². The van der Waals surface area contributed by atoms with Gasteiger partial charge in [0.05, 0.1) is 12.2 Å². The molecule has 1 aromatic carbocycles. The first-order valence-electron chi connectivity index (χ1n) is 7.94. The van der Waals surface area contributed by atoms with E-state index in [1.54, 1.807) is 0 Å². The van der Waals surface area contributed by atoms with Gasteiger partial charge in [-0.25, -0.2) is 0 Å². The van der Waals surface area contributed by atoms with Crippen molar-refractivity contribution in [1.29, 1.82) is 0 Å². The summed E-state index contributed by atoms with van der Waals surface area (Å²) < 4.78 is 11.7. The van der Waals surface area contributed by atoms with Crippen molar-refractivity contribution in [2.75, 3.05) is 31.7 Å². The molecule has 0 aliphatic carbocycles. The summed E-state index contributed by atoms with van der Waals surface area (Å²) >= 11 is 0. The largest absolute Gasteiger partial charge is 0.385 e. The Balaban J connectivity index is 1.64. The van der Waals surface area contributed by atoms with Crippen LogP contribution in [0.3, 0.4) is 0 Å². The lowest BCUT2D eigenvalue weighted by molar-refractivity contribution is -0.0863. The Bertz CT molecular complexity index is 494. The Morgan fingerprint density at radius 2 is 2.25 bits per heavy atom. The van der Waals surface area contributed by atoms with Crippen LogP contribution in [0.15, 0.2) is 18.2 Å². The van der Waals surface area contributed by atoms with Crippen LogP contribution in [0.4, 0.5) is 5.69 Å². The first kappa shape index (κ1) is 12.7. The van der Waals surface area contributed by atoms with E-state index in [0.29, 0.717) is 5.92 Å². The molecule has 3 heteroatoms. The molecule has 0 saturated carbocycles. The van der Waals surface area contributed by atoms with Gasteiger partial charge in [-0.05, 0) is 42.7 Å². The van der Waals surface area contributed by atoms with Crippen molar-refractivity contribution >= 4 is 5.69 Å². The van der Waals surface area contributed by atoms with Crippen LogP contribution in [0.25, 0.3) is 0 Å². The predicted octanol–water partition coefficient (Wildman–Crippen LogP) is 3.10. The van der Waals surface area contributed by atoms with E-state index >= 15 is 0 Å². The number of ether oxygens (including phenoxy) is 2. The lowest BCUT2D eigenvalue weighted by atomic mass is 9.79. The van der Waals surface area contributed by atoms with Crippen LogP contribution in [0.2, 0.25) is 0 Å². The first-order valence-corrected chi connectivity index (χ1v) is 7.94. The van der Waals surface area contributed by atoms with Crippen LogP contribution >= 0.6 is 0 Å². The molecule has 2 atom stereocenters. The van der Waals surface area contributed by atoms with E-state index in [0.717, 1.165) is 45.6 Å². The van der Waals surface area contributed by atoms with Crippen LogP contribution in [0, 0.1) is 0 Å². The van der Waals surface area contributed by atoms with E-state index in [4.69, 9.17) is 9.47 Å². The summed E-state index contributed by atoms with van der Waals surface area (Å²) in [6.45, 7) is 3.63. The number of nitrogens with one attached hydrogen (secondary N) is 1. The van der Waals surface area contributed by atoms with Crippen LogP contribution in [-0.4, -0.2) is 32.0 Å². The lowest BCUT2D eigenvalue weighted by Gasteiger charge is -2.38. The summed E-state index contributed by atoms with van der Waals surface area (Å²) in [6.07, 6.45) is 5.78. The van der Waals surface area contributed by atoms with Gasteiger partial charge in [-0.1, -0.05) is 18.2 Å². The Morgan fingerprint density at radius 3 is 3.15 bits per heavy atom. The van der Waals surface area contributed by atoms with Crippen molar-refractivity contribution in [3.8, 4) is 0 Å². The second-order valence-corrected chi connectivity index (χ2v) is 6.44. The van der Waals surface area contributed by atoms with Crippen molar-refractivity contribution in [2.24, 2.45) is 0 Å². The van der Waals surface area contributed by atoms with Gasteiger partial charge in [0.1, 0.15) is 0 Å². The molecule has 20 heavy (non-hydrogen) atoms. The Hall–Kier alpha value is -1.06. The van der Waals surface area contributed by atoms with E-state index in [9.17, 15) is 0 Å². The summed E-state index contributed by atoms with van der Waals surface area (Å²) in [5.41, 5.74) is 4.42. The summed E-state index contributed by atoms with van der Waals surface area (Å²) in [4.78, 5) is 0. The third-order valence-electron chi connectivity index (χ3n) is 5.11. The van der Waals surface area contributed by atoms with Crippen molar-refractivity contribution in [2.45, 2.75) is 43.6 Å². The maximum atomic E-state index is 6.08. The highest BCUT2D eigenvalue weighted by Gasteiger charge is 2.41. The Labute approximate surface area is 120 Å². The lowest BCUT2D eigenvalue weighted by Crippen LogP contribution is -2.39.